The Morgan fingerprint density at radius 2 is 1.76 bits per heavy atom. The standard InChI is InChI=1S/C20H36N2O3/c1-11(2)21-19(25)12(3)15-7-9-20(6)10-8-16(22-14(5)23)13(4)17(20)18(15)24/h11-13,15-18,24H,7-10H2,1-6H3,(H,21,25)(H,22,23)/t12?,13-,15+,16+,17-,18+,20+/m1/s1. The van der Waals surface area contributed by atoms with E-state index in [1.807, 2.05) is 20.8 Å². The predicted octanol–water partition coefficient (Wildman–Crippen LogP) is 2.48. The summed E-state index contributed by atoms with van der Waals surface area (Å²) in [6.07, 6.45) is 3.41. The lowest BCUT2D eigenvalue weighted by Gasteiger charge is -2.56. The molecule has 0 aromatic heterocycles. The molecule has 7 atom stereocenters. The Kier molecular flexibility index (Phi) is 6.18. The summed E-state index contributed by atoms with van der Waals surface area (Å²) < 4.78 is 0. The number of aliphatic hydroxyl groups excluding tert-OH is 1. The highest BCUT2D eigenvalue weighted by Crippen LogP contribution is 2.55. The number of carbonyl (C=O) groups excluding carboxylic acids is 2. The smallest absolute Gasteiger partial charge is 0.223 e. The predicted molar refractivity (Wildman–Crippen MR) is 98.8 cm³/mol. The van der Waals surface area contributed by atoms with Gasteiger partial charge >= 0.3 is 0 Å². The monoisotopic (exact) mass is 352 g/mol. The van der Waals surface area contributed by atoms with Crippen LogP contribution in [0.3, 0.4) is 0 Å². The summed E-state index contributed by atoms with van der Waals surface area (Å²) in [5.41, 5.74) is 0.0958. The molecule has 5 nitrogen and oxygen atoms in total. The van der Waals surface area contributed by atoms with Gasteiger partial charge in [-0.3, -0.25) is 9.59 Å². The minimum atomic E-state index is -0.502. The quantitative estimate of drug-likeness (QED) is 0.727. The lowest BCUT2D eigenvalue weighted by Crippen LogP contribution is -2.58. The molecule has 2 fully saturated rings. The minimum absolute atomic E-state index is 0.00742. The van der Waals surface area contributed by atoms with Crippen LogP contribution in [0.15, 0.2) is 0 Å². The lowest BCUT2D eigenvalue weighted by molar-refractivity contribution is -0.143. The number of fused-ring (bicyclic) bond motifs is 1. The summed E-state index contributed by atoms with van der Waals surface area (Å²) in [6.45, 7) is 11.8. The van der Waals surface area contributed by atoms with Crippen LogP contribution in [0.2, 0.25) is 0 Å². The van der Waals surface area contributed by atoms with Crippen molar-refractivity contribution < 1.29 is 14.7 Å². The van der Waals surface area contributed by atoms with Crippen LogP contribution in [0.25, 0.3) is 0 Å². The molecule has 0 radical (unpaired) electrons. The Bertz CT molecular complexity index is 507. The third kappa shape index (κ3) is 4.18. The molecule has 2 aliphatic carbocycles. The van der Waals surface area contributed by atoms with Gasteiger partial charge in [-0.2, -0.15) is 0 Å². The highest BCUT2D eigenvalue weighted by molar-refractivity contribution is 5.79. The molecule has 0 aromatic rings. The van der Waals surface area contributed by atoms with Crippen LogP contribution in [0, 0.1) is 29.1 Å². The molecule has 3 N–H and O–H groups in total. The van der Waals surface area contributed by atoms with Crippen molar-refractivity contribution in [3.05, 3.63) is 0 Å². The highest BCUT2D eigenvalue weighted by Gasteiger charge is 2.53. The van der Waals surface area contributed by atoms with Crippen molar-refractivity contribution in [2.45, 2.75) is 85.4 Å². The Balaban J connectivity index is 2.17. The summed E-state index contributed by atoms with van der Waals surface area (Å²) >= 11 is 0. The van der Waals surface area contributed by atoms with Crippen LogP contribution in [-0.2, 0) is 9.59 Å². The number of aliphatic hydroxyl groups is 1. The number of amides is 2. The van der Waals surface area contributed by atoms with E-state index >= 15 is 0 Å². The molecule has 0 aliphatic heterocycles. The second-order valence-corrected chi connectivity index (χ2v) is 9.03. The molecule has 25 heavy (non-hydrogen) atoms. The number of nitrogens with one attached hydrogen (secondary N) is 2. The third-order valence-electron chi connectivity index (χ3n) is 6.76. The van der Waals surface area contributed by atoms with E-state index < -0.39 is 6.10 Å². The highest BCUT2D eigenvalue weighted by atomic mass is 16.3. The first kappa shape index (κ1) is 20.2. The molecule has 1 unspecified atom stereocenters. The first-order valence-electron chi connectivity index (χ1n) is 9.82. The summed E-state index contributed by atoms with van der Waals surface area (Å²) in [7, 11) is 0. The van der Waals surface area contributed by atoms with Gasteiger partial charge in [-0.05, 0) is 62.7 Å². The van der Waals surface area contributed by atoms with E-state index in [0.717, 1.165) is 25.7 Å². The van der Waals surface area contributed by atoms with Crippen molar-refractivity contribution in [3.8, 4) is 0 Å². The molecule has 2 amide bonds. The Morgan fingerprint density at radius 1 is 1.16 bits per heavy atom. The number of rotatable bonds is 4. The molecular formula is C20H36N2O3. The average molecular weight is 353 g/mol. The summed E-state index contributed by atoms with van der Waals surface area (Å²) in [5, 5.41) is 17.3. The van der Waals surface area contributed by atoms with Gasteiger partial charge < -0.3 is 15.7 Å². The Morgan fingerprint density at radius 3 is 2.32 bits per heavy atom. The van der Waals surface area contributed by atoms with Crippen molar-refractivity contribution >= 4 is 11.8 Å². The van der Waals surface area contributed by atoms with Crippen molar-refractivity contribution in [3.63, 3.8) is 0 Å². The summed E-state index contributed by atoms with van der Waals surface area (Å²) in [4.78, 5) is 24.0. The van der Waals surface area contributed by atoms with Crippen LogP contribution in [-0.4, -0.2) is 35.1 Å². The summed E-state index contributed by atoms with van der Waals surface area (Å²) in [6, 6.07) is 0.225. The zero-order valence-corrected chi connectivity index (χ0v) is 16.6. The van der Waals surface area contributed by atoms with Crippen molar-refractivity contribution in [1.82, 2.24) is 10.6 Å². The van der Waals surface area contributed by atoms with Gasteiger partial charge in [-0.25, -0.2) is 0 Å². The fourth-order valence-electron chi connectivity index (χ4n) is 5.37. The lowest BCUT2D eigenvalue weighted by atomic mass is 9.51. The van der Waals surface area contributed by atoms with E-state index in [0.29, 0.717) is 0 Å². The third-order valence-corrected chi connectivity index (χ3v) is 6.76. The van der Waals surface area contributed by atoms with Crippen molar-refractivity contribution in [2.24, 2.45) is 29.1 Å². The van der Waals surface area contributed by atoms with Crippen LogP contribution < -0.4 is 10.6 Å². The number of hydrogen-bond donors (Lipinski definition) is 3. The molecule has 0 heterocycles. The first-order chi connectivity index (χ1) is 11.6. The zero-order chi connectivity index (χ0) is 18.9. The topological polar surface area (TPSA) is 78.4 Å². The molecule has 2 rings (SSSR count). The van der Waals surface area contributed by atoms with Crippen LogP contribution in [0.4, 0.5) is 0 Å². The Labute approximate surface area is 152 Å². The van der Waals surface area contributed by atoms with Crippen LogP contribution in [0.5, 0.6) is 0 Å². The second kappa shape index (κ2) is 7.65. The van der Waals surface area contributed by atoms with E-state index in [1.54, 1.807) is 6.92 Å². The van der Waals surface area contributed by atoms with E-state index in [2.05, 4.69) is 24.5 Å². The second-order valence-electron chi connectivity index (χ2n) is 9.03. The van der Waals surface area contributed by atoms with Gasteiger partial charge in [0.15, 0.2) is 0 Å². The maximum atomic E-state index is 12.5. The van der Waals surface area contributed by atoms with E-state index in [-0.39, 0.29) is 53.0 Å². The molecule has 144 valence electrons. The molecule has 0 aromatic carbocycles. The molecule has 0 saturated heterocycles. The molecular weight excluding hydrogens is 316 g/mol. The van der Waals surface area contributed by atoms with Gasteiger partial charge in [0.25, 0.3) is 0 Å². The van der Waals surface area contributed by atoms with E-state index in [4.69, 9.17) is 0 Å². The van der Waals surface area contributed by atoms with E-state index in [1.165, 1.54) is 0 Å². The fourth-order valence-corrected chi connectivity index (χ4v) is 5.37. The molecule has 0 spiro atoms. The number of carbonyl (C=O) groups is 2. The SMILES string of the molecule is CC(=O)N[C@H]1CC[C@]2(C)CC[C@@H](C(C)C(=O)NC(C)C)[C@H](O)[C@H]2[C@@H]1C. The number of hydrogen-bond acceptors (Lipinski definition) is 3. The Hall–Kier alpha value is -1.10. The maximum Gasteiger partial charge on any atom is 0.223 e. The van der Waals surface area contributed by atoms with E-state index in [9.17, 15) is 14.7 Å². The fraction of sp³-hybridized carbons (Fsp3) is 0.900. The van der Waals surface area contributed by atoms with Crippen LogP contribution >= 0.6 is 0 Å². The zero-order valence-electron chi connectivity index (χ0n) is 16.6. The van der Waals surface area contributed by atoms with Crippen molar-refractivity contribution in [2.75, 3.05) is 0 Å². The van der Waals surface area contributed by atoms with Gasteiger partial charge in [0, 0.05) is 24.9 Å². The average Bonchev–Trinajstić information content (AvgIpc) is 2.49. The molecule has 5 heteroatoms. The van der Waals surface area contributed by atoms with Crippen LogP contribution in [0.1, 0.15) is 67.2 Å². The van der Waals surface area contributed by atoms with Crippen molar-refractivity contribution in [1.29, 1.82) is 0 Å². The summed E-state index contributed by atoms with van der Waals surface area (Å²) in [5.74, 6) is 0.133. The van der Waals surface area contributed by atoms with Gasteiger partial charge in [0.2, 0.25) is 11.8 Å². The molecule has 2 saturated carbocycles. The molecule has 0 bridgehead atoms. The van der Waals surface area contributed by atoms with Gasteiger partial charge in [-0.1, -0.05) is 20.8 Å². The normalized spacial score (nSPS) is 39.4. The van der Waals surface area contributed by atoms with Gasteiger partial charge in [0.05, 0.1) is 6.10 Å². The van der Waals surface area contributed by atoms with Gasteiger partial charge in [0.1, 0.15) is 0 Å². The largest absolute Gasteiger partial charge is 0.392 e. The molecule has 2 aliphatic rings. The maximum absolute atomic E-state index is 12.5. The first-order valence-corrected chi connectivity index (χ1v) is 9.82. The van der Waals surface area contributed by atoms with Gasteiger partial charge in [-0.15, -0.1) is 0 Å². The minimum Gasteiger partial charge on any atom is -0.392 e.